The number of hydrogen-bond donors (Lipinski definition) is 0. The van der Waals surface area contributed by atoms with Gasteiger partial charge in [0, 0.05) is 83.5 Å². The summed E-state index contributed by atoms with van der Waals surface area (Å²) >= 11 is 0. The minimum absolute atomic E-state index is 0.00391. The van der Waals surface area contributed by atoms with E-state index >= 15 is 0 Å². The Hall–Kier alpha value is -10.7. The summed E-state index contributed by atoms with van der Waals surface area (Å²) in [5.41, 5.74) is 21.5. The molecule has 0 aliphatic heterocycles. The molecule has 5 heterocycles. The first-order valence-corrected chi connectivity index (χ1v) is 27.8. The Kier molecular flexibility index (Phi) is 9.74. The van der Waals surface area contributed by atoms with Crippen LogP contribution >= 0.6 is 0 Å². The fourth-order valence-electron chi connectivity index (χ4n) is 13.8. The van der Waals surface area contributed by atoms with Gasteiger partial charge in [0.15, 0.2) is 0 Å². The van der Waals surface area contributed by atoms with Crippen LogP contribution in [0.3, 0.4) is 0 Å². The first-order valence-electron chi connectivity index (χ1n) is 27.8. The Morgan fingerprint density at radius 1 is 0.259 bits per heavy atom. The molecule has 18 rings (SSSR count). The number of rotatable bonds is 4. The lowest BCUT2D eigenvalue weighted by Gasteiger charge is -2.12. The van der Waals surface area contributed by atoms with E-state index in [9.17, 15) is 4.79 Å². The number of carbonyl (C=O) groups excluding carboxylic acids is 1. The predicted octanol–water partition coefficient (Wildman–Crippen LogP) is 19.1. The molecular formula is C75H49N5O. The van der Waals surface area contributed by atoms with E-state index in [2.05, 4.69) is 285 Å². The standard InChI is InChI=1S/C38H25N3O.C37H24N2/c1-24(42)39-37-20-18-25(40-33-14-6-2-10-27(33)28-11-3-7-15-34(28)40)22-31(37)32-23-26(19-21-38(32)39)41-35-16-8-4-12-29(35)30-13-5-9-17-36(30)41;1-5-13-34-28(9-1)29-10-2-6-14-35(29)38(34)26-19-17-24-21-25-18-20-27(23-33(25)32(24)22-26)39-36-15-7-3-11-30(36)31-12-4-8-16-37(31)39/h2-23H,1H3;1-20,22-23H,21H2. The highest BCUT2D eigenvalue weighted by Gasteiger charge is 2.24. The summed E-state index contributed by atoms with van der Waals surface area (Å²) in [6.07, 6.45) is 0.978. The van der Waals surface area contributed by atoms with Gasteiger partial charge in [-0.3, -0.25) is 9.36 Å². The lowest BCUT2D eigenvalue weighted by Crippen LogP contribution is -2.04. The summed E-state index contributed by atoms with van der Waals surface area (Å²) in [5, 5.41) is 12.2. The molecule has 6 nitrogen and oxygen atoms in total. The molecule has 0 saturated heterocycles. The van der Waals surface area contributed by atoms with Gasteiger partial charge >= 0.3 is 0 Å². The van der Waals surface area contributed by atoms with E-state index in [1.807, 2.05) is 4.57 Å². The van der Waals surface area contributed by atoms with Gasteiger partial charge in [0.05, 0.1) is 55.2 Å². The first kappa shape index (κ1) is 45.3. The van der Waals surface area contributed by atoms with Crippen LogP contribution < -0.4 is 0 Å². The average molecular weight is 1040 g/mol. The maximum absolute atomic E-state index is 13.0. The van der Waals surface area contributed by atoms with E-state index in [4.69, 9.17) is 0 Å². The normalized spacial score (nSPS) is 12.3. The second-order valence-corrected chi connectivity index (χ2v) is 21.6. The van der Waals surface area contributed by atoms with Crippen molar-refractivity contribution in [3.05, 3.63) is 278 Å². The van der Waals surface area contributed by atoms with Crippen LogP contribution in [-0.2, 0) is 6.42 Å². The van der Waals surface area contributed by atoms with E-state index in [-0.39, 0.29) is 5.91 Å². The van der Waals surface area contributed by atoms with Crippen molar-refractivity contribution in [3.8, 4) is 33.9 Å². The average Bonchev–Trinajstić information content (AvgIpc) is 3.95. The molecule has 12 aromatic carbocycles. The summed E-state index contributed by atoms with van der Waals surface area (Å²) in [5.74, 6) is 0.00391. The van der Waals surface area contributed by atoms with Gasteiger partial charge in [-0.1, -0.05) is 158 Å². The molecule has 0 bridgehead atoms. The number of fused-ring (bicyclic) bond motifs is 18. The quantitative estimate of drug-likeness (QED) is 0.173. The Morgan fingerprint density at radius 3 is 0.753 bits per heavy atom. The molecule has 0 unspecified atom stereocenters. The van der Waals surface area contributed by atoms with E-state index in [0.717, 1.165) is 39.6 Å². The lowest BCUT2D eigenvalue weighted by molar-refractivity contribution is 0.0946. The molecule has 0 spiro atoms. The second kappa shape index (κ2) is 17.4. The highest BCUT2D eigenvalue weighted by Crippen LogP contribution is 2.43. The Balaban J connectivity index is 0.000000129. The van der Waals surface area contributed by atoms with Gasteiger partial charge in [0.2, 0.25) is 5.91 Å². The van der Waals surface area contributed by atoms with Crippen molar-refractivity contribution < 1.29 is 4.79 Å². The van der Waals surface area contributed by atoms with E-state index in [1.165, 1.54) is 121 Å². The zero-order chi connectivity index (χ0) is 53.4. The topological polar surface area (TPSA) is 41.7 Å². The largest absolute Gasteiger partial charge is 0.309 e. The van der Waals surface area contributed by atoms with Gasteiger partial charge in [-0.2, -0.15) is 0 Å². The number of hydrogen-bond acceptors (Lipinski definition) is 1. The lowest BCUT2D eigenvalue weighted by atomic mass is 10.0. The number of benzene rings is 12. The van der Waals surface area contributed by atoms with Crippen LogP contribution in [0.25, 0.3) is 143 Å². The first-order chi connectivity index (χ1) is 40.0. The van der Waals surface area contributed by atoms with Crippen molar-refractivity contribution in [1.29, 1.82) is 0 Å². The molecule has 0 fully saturated rings. The molecule has 0 atom stereocenters. The molecule has 0 radical (unpaired) electrons. The van der Waals surface area contributed by atoms with Crippen molar-refractivity contribution >= 4 is 115 Å². The minimum Gasteiger partial charge on any atom is -0.309 e. The van der Waals surface area contributed by atoms with Crippen molar-refractivity contribution in [1.82, 2.24) is 22.8 Å². The summed E-state index contributed by atoms with van der Waals surface area (Å²) in [6.45, 7) is 1.64. The summed E-state index contributed by atoms with van der Waals surface area (Å²) in [7, 11) is 0. The number of carbonyl (C=O) groups is 1. The van der Waals surface area contributed by atoms with Crippen molar-refractivity contribution in [2.75, 3.05) is 0 Å². The Bertz CT molecular complexity index is 4960. The number of aromatic nitrogens is 5. The highest BCUT2D eigenvalue weighted by molar-refractivity contribution is 6.17. The fraction of sp³-hybridized carbons (Fsp3) is 0.0267. The van der Waals surface area contributed by atoms with Crippen LogP contribution in [0.2, 0.25) is 0 Å². The molecule has 0 saturated carbocycles. The van der Waals surface area contributed by atoms with Gasteiger partial charge in [-0.25, -0.2) is 0 Å². The van der Waals surface area contributed by atoms with Gasteiger partial charge in [-0.15, -0.1) is 0 Å². The van der Waals surface area contributed by atoms with E-state index in [1.54, 1.807) is 6.92 Å². The molecule has 0 amide bonds. The molecule has 0 N–H and O–H groups in total. The molecule has 6 heteroatoms. The number of para-hydroxylation sites is 8. The zero-order valence-electron chi connectivity index (χ0n) is 44.3. The van der Waals surface area contributed by atoms with Crippen molar-refractivity contribution in [2.24, 2.45) is 0 Å². The van der Waals surface area contributed by atoms with Crippen molar-refractivity contribution in [3.63, 3.8) is 0 Å². The third kappa shape index (κ3) is 6.65. The molecule has 81 heavy (non-hydrogen) atoms. The monoisotopic (exact) mass is 1040 g/mol. The second-order valence-electron chi connectivity index (χ2n) is 21.6. The van der Waals surface area contributed by atoms with Gasteiger partial charge in [0.25, 0.3) is 0 Å². The highest BCUT2D eigenvalue weighted by atomic mass is 16.1. The maximum atomic E-state index is 13.0. The van der Waals surface area contributed by atoms with Gasteiger partial charge < -0.3 is 18.3 Å². The van der Waals surface area contributed by atoms with Crippen LogP contribution in [0.4, 0.5) is 0 Å². The van der Waals surface area contributed by atoms with Crippen LogP contribution in [0.5, 0.6) is 0 Å². The van der Waals surface area contributed by atoms with E-state index < -0.39 is 0 Å². The van der Waals surface area contributed by atoms with Crippen molar-refractivity contribution in [2.45, 2.75) is 13.3 Å². The minimum atomic E-state index is 0.00391. The van der Waals surface area contributed by atoms with Gasteiger partial charge in [-0.05, 0) is 138 Å². The molecule has 1 aliphatic carbocycles. The third-order valence-corrected chi connectivity index (χ3v) is 17.3. The van der Waals surface area contributed by atoms with Crippen LogP contribution in [-0.4, -0.2) is 28.7 Å². The Labute approximate surface area is 465 Å². The molecule has 380 valence electrons. The van der Waals surface area contributed by atoms with Crippen LogP contribution in [0.1, 0.15) is 22.8 Å². The van der Waals surface area contributed by atoms with E-state index in [0.29, 0.717) is 0 Å². The SMILES string of the molecule is CC(=O)n1c2ccc(-n3c4ccccc4c4ccccc43)cc2c2cc(-n3c4ccccc4c4ccccc43)ccc21.c1ccc2c(c1)c1ccccc1n2-c1ccc2c(c1)-c1cc(-n3c4ccccc4c4ccccc43)ccc1C2. The third-order valence-electron chi connectivity index (χ3n) is 17.3. The molecule has 5 aromatic heterocycles. The van der Waals surface area contributed by atoms with Gasteiger partial charge in [0.1, 0.15) is 0 Å². The maximum Gasteiger partial charge on any atom is 0.228 e. The summed E-state index contributed by atoms with van der Waals surface area (Å²) in [4.78, 5) is 13.0. The molecule has 1 aliphatic rings. The fourth-order valence-corrected chi connectivity index (χ4v) is 13.8. The zero-order valence-corrected chi connectivity index (χ0v) is 44.3. The molecular weight excluding hydrogens is 987 g/mol. The number of nitrogens with zero attached hydrogens (tertiary/aromatic N) is 5. The van der Waals surface area contributed by atoms with Crippen LogP contribution in [0, 0.1) is 0 Å². The summed E-state index contributed by atoms with van der Waals surface area (Å²) < 4.78 is 11.3. The summed E-state index contributed by atoms with van der Waals surface area (Å²) in [6, 6.07) is 96.1. The predicted molar refractivity (Wildman–Crippen MR) is 338 cm³/mol. The smallest absolute Gasteiger partial charge is 0.228 e. The Morgan fingerprint density at radius 2 is 0.494 bits per heavy atom. The van der Waals surface area contributed by atoms with Crippen LogP contribution in [0.15, 0.2) is 267 Å². The molecule has 17 aromatic rings.